The molecule has 9 heteroatoms. The minimum atomic E-state index is -3.86. The van der Waals surface area contributed by atoms with Gasteiger partial charge in [0.25, 0.3) is 5.91 Å². The average molecular weight is 370 g/mol. The van der Waals surface area contributed by atoms with Crippen molar-refractivity contribution < 1.29 is 27.9 Å². The Hall–Kier alpha value is -1.97. The number of hydrogen-bond donors (Lipinski definition) is 2. The number of methoxy groups -OCH3 is 1. The van der Waals surface area contributed by atoms with Crippen molar-refractivity contribution in [3.8, 4) is 0 Å². The van der Waals surface area contributed by atoms with E-state index in [4.69, 9.17) is 4.74 Å². The smallest absolute Gasteiger partial charge is 0.310 e. The molecule has 1 aliphatic heterocycles. The van der Waals surface area contributed by atoms with Crippen molar-refractivity contribution in [3.05, 3.63) is 29.8 Å². The van der Waals surface area contributed by atoms with E-state index in [0.717, 1.165) is 4.31 Å². The van der Waals surface area contributed by atoms with Crippen LogP contribution in [-0.4, -0.2) is 63.1 Å². The van der Waals surface area contributed by atoms with Crippen molar-refractivity contribution >= 4 is 21.9 Å². The highest BCUT2D eigenvalue weighted by Gasteiger charge is 2.44. The Labute approximate surface area is 146 Å². The number of benzene rings is 1. The van der Waals surface area contributed by atoms with Gasteiger partial charge in [0.2, 0.25) is 10.0 Å². The van der Waals surface area contributed by atoms with Crippen molar-refractivity contribution in [2.45, 2.75) is 18.2 Å². The number of aliphatic carboxylic acids is 1. The highest BCUT2D eigenvalue weighted by Crippen LogP contribution is 2.33. The van der Waals surface area contributed by atoms with Crippen molar-refractivity contribution in [2.75, 3.05) is 33.4 Å². The van der Waals surface area contributed by atoms with Gasteiger partial charge >= 0.3 is 5.97 Å². The predicted octanol–water partition coefficient (Wildman–Crippen LogP) is 0.548. The third kappa shape index (κ3) is 4.17. The number of nitrogens with zero attached hydrogens (tertiary/aromatic N) is 1. The molecule has 1 fully saturated rings. The molecule has 0 radical (unpaired) electrons. The minimum absolute atomic E-state index is 0.0264. The van der Waals surface area contributed by atoms with Crippen LogP contribution in [0.4, 0.5) is 0 Å². The molecule has 0 aromatic heterocycles. The van der Waals surface area contributed by atoms with Crippen LogP contribution < -0.4 is 5.32 Å². The molecular formula is C16H22N2O6S. The summed E-state index contributed by atoms with van der Waals surface area (Å²) in [5, 5.41) is 11.9. The van der Waals surface area contributed by atoms with Gasteiger partial charge in [-0.1, -0.05) is 6.07 Å². The molecule has 0 spiro atoms. The molecule has 0 aliphatic carbocycles. The van der Waals surface area contributed by atoms with Crippen LogP contribution in [0, 0.1) is 5.41 Å². The highest BCUT2D eigenvalue weighted by molar-refractivity contribution is 7.89. The molecule has 2 N–H and O–H groups in total. The van der Waals surface area contributed by atoms with Gasteiger partial charge in [-0.3, -0.25) is 9.59 Å². The first-order valence-corrected chi connectivity index (χ1v) is 9.25. The lowest BCUT2D eigenvalue weighted by atomic mass is 9.90. The molecule has 1 aromatic rings. The number of ether oxygens (including phenoxy) is 1. The number of nitrogens with one attached hydrogen (secondary N) is 1. The summed E-state index contributed by atoms with van der Waals surface area (Å²) < 4.78 is 31.5. The number of carboxylic acids is 1. The van der Waals surface area contributed by atoms with Crippen LogP contribution >= 0.6 is 0 Å². The van der Waals surface area contributed by atoms with Crippen LogP contribution in [0.25, 0.3) is 0 Å². The third-order valence-electron chi connectivity index (χ3n) is 4.28. The molecule has 2 rings (SSSR count). The first-order valence-electron chi connectivity index (χ1n) is 7.81. The summed E-state index contributed by atoms with van der Waals surface area (Å²) in [7, 11) is -2.34. The standard InChI is InChI=1S/C16H22N2O6S/c1-16(15(20)21)6-8-18(11-16)25(22,23)13-5-3-4-12(10-13)14(19)17-7-9-24-2/h3-5,10H,6-9,11H2,1-2H3,(H,17,19)(H,20,21). The van der Waals surface area contributed by atoms with E-state index < -0.39 is 27.3 Å². The van der Waals surface area contributed by atoms with Crippen molar-refractivity contribution in [2.24, 2.45) is 5.41 Å². The van der Waals surface area contributed by atoms with E-state index in [9.17, 15) is 23.1 Å². The monoisotopic (exact) mass is 370 g/mol. The summed E-state index contributed by atoms with van der Waals surface area (Å²) in [5.74, 6) is -1.41. The molecule has 1 saturated heterocycles. The Balaban J connectivity index is 2.19. The number of carbonyl (C=O) groups excluding carboxylic acids is 1. The Morgan fingerprint density at radius 3 is 2.72 bits per heavy atom. The van der Waals surface area contributed by atoms with Crippen LogP contribution in [0.2, 0.25) is 0 Å². The van der Waals surface area contributed by atoms with Crippen LogP contribution in [0.1, 0.15) is 23.7 Å². The number of sulfonamides is 1. The predicted molar refractivity (Wildman–Crippen MR) is 89.8 cm³/mol. The fourth-order valence-electron chi connectivity index (χ4n) is 2.61. The van der Waals surface area contributed by atoms with E-state index in [1.54, 1.807) is 0 Å². The second-order valence-electron chi connectivity index (χ2n) is 6.23. The largest absolute Gasteiger partial charge is 0.481 e. The van der Waals surface area contributed by atoms with Gasteiger partial charge < -0.3 is 15.2 Å². The summed E-state index contributed by atoms with van der Waals surface area (Å²) >= 11 is 0. The molecule has 0 saturated carbocycles. The van der Waals surface area contributed by atoms with Gasteiger partial charge in [-0.15, -0.1) is 0 Å². The zero-order chi connectivity index (χ0) is 18.7. The summed E-state index contributed by atoms with van der Waals surface area (Å²) in [5.41, 5.74) is -0.875. The quantitative estimate of drug-likeness (QED) is 0.678. The highest BCUT2D eigenvalue weighted by atomic mass is 32.2. The van der Waals surface area contributed by atoms with E-state index in [0.29, 0.717) is 13.2 Å². The first kappa shape index (κ1) is 19.4. The third-order valence-corrected chi connectivity index (χ3v) is 6.12. The number of amides is 1. The van der Waals surface area contributed by atoms with Crippen LogP contribution in [-0.2, 0) is 19.6 Å². The minimum Gasteiger partial charge on any atom is -0.481 e. The molecule has 8 nitrogen and oxygen atoms in total. The van der Waals surface area contributed by atoms with Crippen molar-refractivity contribution in [3.63, 3.8) is 0 Å². The summed E-state index contributed by atoms with van der Waals surface area (Å²) in [6.45, 7) is 2.25. The molecule has 1 aromatic carbocycles. The van der Waals surface area contributed by atoms with Gasteiger partial charge in [0.05, 0.1) is 16.9 Å². The van der Waals surface area contributed by atoms with Gasteiger partial charge in [-0.05, 0) is 31.5 Å². The van der Waals surface area contributed by atoms with E-state index in [1.165, 1.54) is 38.3 Å². The maximum atomic E-state index is 12.8. The maximum absolute atomic E-state index is 12.8. The second-order valence-corrected chi connectivity index (χ2v) is 8.17. The maximum Gasteiger partial charge on any atom is 0.310 e. The van der Waals surface area contributed by atoms with Gasteiger partial charge in [-0.25, -0.2) is 8.42 Å². The molecular weight excluding hydrogens is 348 g/mol. The Kier molecular flexibility index (Phi) is 5.81. The Morgan fingerprint density at radius 1 is 1.40 bits per heavy atom. The number of carbonyl (C=O) groups is 2. The molecule has 138 valence electrons. The number of hydrogen-bond acceptors (Lipinski definition) is 5. The van der Waals surface area contributed by atoms with Crippen LogP contribution in [0.3, 0.4) is 0 Å². The fraction of sp³-hybridized carbons (Fsp3) is 0.500. The van der Waals surface area contributed by atoms with E-state index in [2.05, 4.69) is 5.32 Å². The van der Waals surface area contributed by atoms with Crippen molar-refractivity contribution in [1.82, 2.24) is 9.62 Å². The molecule has 1 heterocycles. The molecule has 1 unspecified atom stereocenters. The first-order chi connectivity index (χ1) is 11.7. The second kappa shape index (κ2) is 7.51. The normalized spacial score (nSPS) is 21.2. The zero-order valence-electron chi connectivity index (χ0n) is 14.2. The van der Waals surface area contributed by atoms with Crippen molar-refractivity contribution in [1.29, 1.82) is 0 Å². The molecule has 1 aliphatic rings. The summed E-state index contributed by atoms with van der Waals surface area (Å²) in [4.78, 5) is 23.3. The SMILES string of the molecule is COCCNC(=O)c1cccc(S(=O)(=O)N2CCC(C)(C(=O)O)C2)c1. The van der Waals surface area contributed by atoms with E-state index in [-0.39, 0.29) is 30.0 Å². The lowest BCUT2D eigenvalue weighted by molar-refractivity contribution is -0.146. The fourth-order valence-corrected chi connectivity index (χ4v) is 4.23. The molecule has 1 atom stereocenters. The molecule has 0 bridgehead atoms. The summed E-state index contributed by atoms with van der Waals surface area (Å²) in [6, 6.07) is 5.71. The summed E-state index contributed by atoms with van der Waals surface area (Å²) in [6.07, 6.45) is 0.249. The van der Waals surface area contributed by atoms with E-state index >= 15 is 0 Å². The molecule has 25 heavy (non-hydrogen) atoms. The zero-order valence-corrected chi connectivity index (χ0v) is 15.0. The van der Waals surface area contributed by atoms with Gasteiger partial charge in [0.15, 0.2) is 0 Å². The Bertz CT molecular complexity index is 764. The van der Waals surface area contributed by atoms with Crippen LogP contribution in [0.15, 0.2) is 29.2 Å². The Morgan fingerprint density at radius 2 is 2.12 bits per heavy atom. The van der Waals surface area contributed by atoms with E-state index in [1.807, 2.05) is 0 Å². The average Bonchev–Trinajstić information content (AvgIpc) is 3.00. The lowest BCUT2D eigenvalue weighted by Crippen LogP contribution is -2.35. The van der Waals surface area contributed by atoms with Gasteiger partial charge in [0, 0.05) is 32.3 Å². The number of carboxylic acid groups (broad SMARTS) is 1. The lowest BCUT2D eigenvalue weighted by Gasteiger charge is -2.20. The molecule has 1 amide bonds. The topological polar surface area (TPSA) is 113 Å². The van der Waals surface area contributed by atoms with Gasteiger partial charge in [0.1, 0.15) is 0 Å². The van der Waals surface area contributed by atoms with Crippen LogP contribution in [0.5, 0.6) is 0 Å². The van der Waals surface area contributed by atoms with Gasteiger partial charge in [-0.2, -0.15) is 4.31 Å². The number of rotatable bonds is 7.